The molecule has 0 N–H and O–H groups in total. The standard InChI is InChI=1S/C20H26FN3O3/c1-23(2)12-10-15-7-5-6-11-24(15)20(25)17-13-27-19(22-17)14-26-18-9-4-3-8-16(18)21/h3-4,8-9,13,15H,5-7,10-12,14H2,1-2H3. The van der Waals surface area contributed by atoms with Gasteiger partial charge in [-0.05, 0) is 58.5 Å². The fourth-order valence-electron chi connectivity index (χ4n) is 3.30. The molecule has 0 spiro atoms. The van der Waals surface area contributed by atoms with Gasteiger partial charge in [-0.3, -0.25) is 4.79 Å². The molecular weight excluding hydrogens is 349 g/mol. The highest BCUT2D eigenvalue weighted by atomic mass is 19.1. The number of ether oxygens (including phenoxy) is 1. The normalized spacial score (nSPS) is 17.3. The van der Waals surface area contributed by atoms with Crippen molar-refractivity contribution in [3.8, 4) is 5.75 Å². The van der Waals surface area contributed by atoms with E-state index in [4.69, 9.17) is 9.15 Å². The van der Waals surface area contributed by atoms with Gasteiger partial charge in [-0.15, -0.1) is 0 Å². The molecule has 1 aromatic heterocycles. The fraction of sp³-hybridized carbons (Fsp3) is 0.500. The Morgan fingerprint density at radius 1 is 1.37 bits per heavy atom. The van der Waals surface area contributed by atoms with Crippen molar-refractivity contribution in [3.63, 3.8) is 0 Å². The van der Waals surface area contributed by atoms with Gasteiger partial charge in [0.15, 0.2) is 23.9 Å². The van der Waals surface area contributed by atoms with E-state index in [1.165, 1.54) is 18.4 Å². The summed E-state index contributed by atoms with van der Waals surface area (Å²) in [7, 11) is 4.07. The zero-order chi connectivity index (χ0) is 19.2. The number of hydrogen-bond donors (Lipinski definition) is 0. The number of amides is 1. The number of aromatic nitrogens is 1. The number of piperidine rings is 1. The highest BCUT2D eigenvalue weighted by Gasteiger charge is 2.29. The largest absolute Gasteiger partial charge is 0.481 e. The van der Waals surface area contributed by atoms with Gasteiger partial charge in [0.05, 0.1) is 0 Å². The van der Waals surface area contributed by atoms with E-state index in [-0.39, 0.29) is 35.9 Å². The highest BCUT2D eigenvalue weighted by Crippen LogP contribution is 2.22. The number of carbonyl (C=O) groups is 1. The van der Waals surface area contributed by atoms with Gasteiger partial charge >= 0.3 is 0 Å². The van der Waals surface area contributed by atoms with Crippen molar-refractivity contribution in [3.05, 3.63) is 47.9 Å². The van der Waals surface area contributed by atoms with Crippen molar-refractivity contribution >= 4 is 5.91 Å². The lowest BCUT2D eigenvalue weighted by atomic mass is 9.98. The Kier molecular flexibility index (Phi) is 6.45. The van der Waals surface area contributed by atoms with E-state index < -0.39 is 5.82 Å². The Hall–Kier alpha value is -2.41. The molecule has 2 heterocycles. The van der Waals surface area contributed by atoms with Gasteiger partial charge < -0.3 is 19.0 Å². The minimum absolute atomic E-state index is 0.0295. The molecule has 1 atom stereocenters. The van der Waals surface area contributed by atoms with Crippen LogP contribution in [0, 0.1) is 5.82 Å². The molecule has 7 heteroatoms. The van der Waals surface area contributed by atoms with E-state index in [1.807, 2.05) is 19.0 Å². The van der Waals surface area contributed by atoms with Crippen molar-refractivity contribution < 1.29 is 18.3 Å². The van der Waals surface area contributed by atoms with Crippen LogP contribution in [-0.4, -0.2) is 53.9 Å². The zero-order valence-corrected chi connectivity index (χ0v) is 15.9. The number of benzene rings is 1. The van der Waals surface area contributed by atoms with Crippen LogP contribution in [0.5, 0.6) is 5.75 Å². The lowest BCUT2D eigenvalue weighted by Gasteiger charge is -2.36. The maximum absolute atomic E-state index is 13.6. The number of hydrogen-bond acceptors (Lipinski definition) is 5. The lowest BCUT2D eigenvalue weighted by Crippen LogP contribution is -2.45. The summed E-state index contributed by atoms with van der Waals surface area (Å²) in [5.74, 6) is -0.177. The van der Waals surface area contributed by atoms with Crippen LogP contribution < -0.4 is 4.74 Å². The Morgan fingerprint density at radius 2 is 2.19 bits per heavy atom. The first kappa shape index (κ1) is 19.4. The third-order valence-corrected chi connectivity index (χ3v) is 4.76. The summed E-state index contributed by atoms with van der Waals surface area (Å²) < 4.78 is 24.3. The van der Waals surface area contributed by atoms with Crippen molar-refractivity contribution in [2.24, 2.45) is 0 Å². The quantitative estimate of drug-likeness (QED) is 0.743. The summed E-state index contributed by atoms with van der Waals surface area (Å²) in [6.07, 6.45) is 5.47. The monoisotopic (exact) mass is 375 g/mol. The summed E-state index contributed by atoms with van der Waals surface area (Å²) in [5, 5.41) is 0. The van der Waals surface area contributed by atoms with Gasteiger partial charge in [-0.25, -0.2) is 9.37 Å². The first-order valence-electron chi connectivity index (χ1n) is 9.32. The summed E-state index contributed by atoms with van der Waals surface area (Å²) in [5.41, 5.74) is 0.277. The third kappa shape index (κ3) is 5.07. The average molecular weight is 375 g/mol. The molecule has 0 aliphatic carbocycles. The predicted octanol–water partition coefficient (Wildman–Crippen LogP) is 3.34. The first-order valence-corrected chi connectivity index (χ1v) is 9.32. The maximum Gasteiger partial charge on any atom is 0.276 e. The minimum Gasteiger partial charge on any atom is -0.481 e. The van der Waals surface area contributed by atoms with Gasteiger partial charge in [0.1, 0.15) is 6.26 Å². The van der Waals surface area contributed by atoms with E-state index >= 15 is 0 Å². The number of halogens is 1. The number of rotatable bonds is 7. The van der Waals surface area contributed by atoms with Crippen molar-refractivity contribution in [1.82, 2.24) is 14.8 Å². The summed E-state index contributed by atoms with van der Waals surface area (Å²) in [6, 6.07) is 6.36. The molecule has 1 aliphatic heterocycles. The van der Waals surface area contributed by atoms with Crippen LogP contribution in [0.1, 0.15) is 42.1 Å². The van der Waals surface area contributed by atoms with Crippen LogP contribution in [0.4, 0.5) is 4.39 Å². The average Bonchev–Trinajstić information content (AvgIpc) is 3.14. The van der Waals surface area contributed by atoms with Gasteiger partial charge in [0.25, 0.3) is 5.91 Å². The fourth-order valence-corrected chi connectivity index (χ4v) is 3.30. The van der Waals surface area contributed by atoms with E-state index in [1.54, 1.807) is 12.1 Å². The van der Waals surface area contributed by atoms with Crippen LogP contribution in [0.25, 0.3) is 0 Å². The first-order chi connectivity index (χ1) is 13.0. The molecule has 0 bridgehead atoms. The molecular formula is C20H26FN3O3. The second-order valence-corrected chi connectivity index (χ2v) is 7.09. The van der Waals surface area contributed by atoms with Gasteiger partial charge in [-0.2, -0.15) is 0 Å². The van der Waals surface area contributed by atoms with E-state index in [2.05, 4.69) is 9.88 Å². The Bertz CT molecular complexity index is 762. The van der Waals surface area contributed by atoms with Crippen molar-refractivity contribution in [2.45, 2.75) is 38.3 Å². The van der Waals surface area contributed by atoms with Crippen LogP contribution in [0.3, 0.4) is 0 Å². The number of nitrogens with zero attached hydrogens (tertiary/aromatic N) is 3. The minimum atomic E-state index is -0.447. The molecule has 0 saturated carbocycles. The number of oxazole rings is 1. The van der Waals surface area contributed by atoms with E-state index in [0.717, 1.165) is 38.8 Å². The van der Waals surface area contributed by atoms with Gasteiger partial charge in [0.2, 0.25) is 5.89 Å². The van der Waals surface area contributed by atoms with Crippen molar-refractivity contribution in [2.75, 3.05) is 27.2 Å². The van der Waals surface area contributed by atoms with Crippen LogP contribution in [0.15, 0.2) is 34.9 Å². The van der Waals surface area contributed by atoms with E-state index in [9.17, 15) is 9.18 Å². The Balaban J connectivity index is 1.62. The molecule has 27 heavy (non-hydrogen) atoms. The Labute approximate surface area is 158 Å². The highest BCUT2D eigenvalue weighted by molar-refractivity contribution is 5.92. The molecule has 1 unspecified atom stereocenters. The molecule has 1 aliphatic rings. The number of carbonyl (C=O) groups excluding carboxylic acids is 1. The number of likely N-dealkylation sites (tertiary alicyclic amines) is 1. The smallest absolute Gasteiger partial charge is 0.276 e. The molecule has 1 saturated heterocycles. The van der Waals surface area contributed by atoms with Crippen molar-refractivity contribution in [1.29, 1.82) is 0 Å². The second-order valence-electron chi connectivity index (χ2n) is 7.09. The zero-order valence-electron chi connectivity index (χ0n) is 15.9. The second kappa shape index (κ2) is 8.99. The third-order valence-electron chi connectivity index (χ3n) is 4.76. The molecule has 1 amide bonds. The summed E-state index contributed by atoms with van der Waals surface area (Å²) in [4.78, 5) is 21.2. The summed E-state index contributed by atoms with van der Waals surface area (Å²) >= 11 is 0. The molecule has 3 rings (SSSR count). The predicted molar refractivity (Wildman–Crippen MR) is 99.1 cm³/mol. The molecule has 1 fully saturated rings. The lowest BCUT2D eigenvalue weighted by molar-refractivity contribution is 0.0585. The maximum atomic E-state index is 13.6. The SMILES string of the molecule is CN(C)CCC1CCCCN1C(=O)c1coc(COc2ccccc2F)n1. The van der Waals surface area contributed by atoms with Crippen LogP contribution in [-0.2, 0) is 6.61 Å². The Morgan fingerprint density at radius 3 is 2.96 bits per heavy atom. The molecule has 1 aromatic carbocycles. The molecule has 6 nitrogen and oxygen atoms in total. The molecule has 0 radical (unpaired) electrons. The molecule has 2 aromatic rings. The van der Waals surface area contributed by atoms with Crippen LogP contribution in [0.2, 0.25) is 0 Å². The molecule has 146 valence electrons. The topological polar surface area (TPSA) is 58.8 Å². The van der Waals surface area contributed by atoms with Crippen LogP contribution >= 0.6 is 0 Å². The number of para-hydroxylation sites is 1. The summed E-state index contributed by atoms with van der Waals surface area (Å²) in [6.45, 7) is 1.65. The van der Waals surface area contributed by atoms with Gasteiger partial charge in [-0.1, -0.05) is 12.1 Å². The van der Waals surface area contributed by atoms with Gasteiger partial charge in [0, 0.05) is 12.6 Å². The van der Waals surface area contributed by atoms with E-state index in [0.29, 0.717) is 0 Å².